The van der Waals surface area contributed by atoms with E-state index in [0.29, 0.717) is 17.2 Å². The molecule has 0 saturated heterocycles. The number of rotatable bonds is 5. The van der Waals surface area contributed by atoms with E-state index in [1.807, 2.05) is 0 Å². The predicted molar refractivity (Wildman–Crippen MR) is 56.0 cm³/mol. The molecular weight excluding hydrogens is 242 g/mol. The maximum Gasteiger partial charge on any atom is 0.257 e. The van der Waals surface area contributed by atoms with E-state index in [0.717, 1.165) is 6.26 Å². The highest BCUT2D eigenvalue weighted by Crippen LogP contribution is 1.94. The molecule has 0 unspecified atom stereocenters. The minimum absolute atomic E-state index is 0.0753. The summed E-state index contributed by atoms with van der Waals surface area (Å²) in [5.41, 5.74) is 0. The molecule has 88 valence electrons. The molecule has 0 heterocycles. The van der Waals surface area contributed by atoms with Gasteiger partial charge in [-0.05, 0) is 6.42 Å². The lowest BCUT2D eigenvalue weighted by Crippen LogP contribution is -2.28. The molecule has 0 bridgehead atoms. The number of nitrogens with one attached hydrogen (secondary N) is 1. The van der Waals surface area contributed by atoms with Crippen molar-refractivity contribution in [3.8, 4) is 0 Å². The monoisotopic (exact) mass is 255 g/mol. The summed E-state index contributed by atoms with van der Waals surface area (Å²) in [5.74, 6) is -0.657. The number of sulfonamides is 1. The summed E-state index contributed by atoms with van der Waals surface area (Å²) in [5, 5.41) is 0.977. The molecule has 15 heavy (non-hydrogen) atoms. The summed E-state index contributed by atoms with van der Waals surface area (Å²) in [4.78, 5) is 10.9. The van der Waals surface area contributed by atoms with E-state index < -0.39 is 25.8 Å². The summed E-state index contributed by atoms with van der Waals surface area (Å²) in [7, 11) is -7.51. The van der Waals surface area contributed by atoms with Gasteiger partial charge in [-0.3, -0.25) is 4.79 Å². The lowest BCUT2D eigenvalue weighted by atomic mass is 10.3. The minimum Gasteiger partial charge on any atom is -0.274 e. The van der Waals surface area contributed by atoms with Gasteiger partial charge in [0.1, 0.15) is 0 Å². The Morgan fingerprint density at radius 3 is 2.13 bits per heavy atom. The van der Waals surface area contributed by atoms with Crippen molar-refractivity contribution < 1.29 is 21.6 Å². The van der Waals surface area contributed by atoms with Crippen molar-refractivity contribution in [3.05, 3.63) is 10.8 Å². The zero-order valence-electron chi connectivity index (χ0n) is 8.43. The van der Waals surface area contributed by atoms with Crippen LogP contribution >= 0.6 is 0 Å². The zero-order valence-corrected chi connectivity index (χ0v) is 10.1. The quantitative estimate of drug-likeness (QED) is 0.730. The summed E-state index contributed by atoms with van der Waals surface area (Å²) in [6.45, 7) is 1.72. The molecule has 0 radical (unpaired) electrons. The van der Waals surface area contributed by atoms with Crippen LogP contribution in [0.1, 0.15) is 19.8 Å². The Hall–Kier alpha value is -0.890. The van der Waals surface area contributed by atoms with Gasteiger partial charge in [0.05, 0.1) is 5.41 Å². The van der Waals surface area contributed by atoms with Gasteiger partial charge in [-0.1, -0.05) is 6.92 Å². The molecule has 0 fully saturated rings. The molecule has 0 atom stereocenters. The molecule has 0 aliphatic carbocycles. The molecule has 6 nitrogen and oxygen atoms in total. The van der Waals surface area contributed by atoms with Crippen LogP contribution in [0.4, 0.5) is 0 Å². The van der Waals surface area contributed by atoms with Gasteiger partial charge in [0.15, 0.2) is 9.84 Å². The van der Waals surface area contributed by atoms with Gasteiger partial charge in [-0.2, -0.15) is 0 Å². The SMILES string of the molecule is CCCC(=O)NS(=O)(=O)/C=C\S(C)(=O)=O. The van der Waals surface area contributed by atoms with E-state index in [1.165, 1.54) is 0 Å². The van der Waals surface area contributed by atoms with Crippen molar-refractivity contribution in [2.24, 2.45) is 0 Å². The first-order valence-corrected chi connectivity index (χ1v) is 7.60. The molecule has 0 aliphatic rings. The molecule has 0 spiro atoms. The van der Waals surface area contributed by atoms with Crippen LogP contribution in [-0.4, -0.2) is 29.0 Å². The second-order valence-corrected chi connectivity index (χ2v) is 6.42. The van der Waals surface area contributed by atoms with Gasteiger partial charge in [-0.25, -0.2) is 21.6 Å². The van der Waals surface area contributed by atoms with Crippen LogP contribution in [0, 0.1) is 0 Å². The third kappa shape index (κ3) is 8.13. The molecule has 0 saturated carbocycles. The number of amides is 1. The first kappa shape index (κ1) is 14.1. The molecule has 0 aromatic rings. The summed E-state index contributed by atoms with van der Waals surface area (Å²) >= 11 is 0. The van der Waals surface area contributed by atoms with Crippen LogP contribution in [0.2, 0.25) is 0 Å². The molecule has 0 rings (SSSR count). The van der Waals surface area contributed by atoms with Crippen LogP contribution in [-0.2, 0) is 24.7 Å². The maximum atomic E-state index is 11.1. The fraction of sp³-hybridized carbons (Fsp3) is 0.571. The molecule has 0 aromatic heterocycles. The van der Waals surface area contributed by atoms with Crippen molar-refractivity contribution in [1.29, 1.82) is 0 Å². The standard InChI is InChI=1S/C7H13NO5S2/c1-3-4-7(9)8-15(12,13)6-5-14(2,10)11/h5-6H,3-4H2,1-2H3,(H,8,9)/b6-5-. The first-order valence-electron chi connectivity index (χ1n) is 4.10. The summed E-state index contributed by atoms with van der Waals surface area (Å²) in [6.07, 6.45) is 1.44. The van der Waals surface area contributed by atoms with Crippen molar-refractivity contribution in [1.82, 2.24) is 4.72 Å². The Kier molecular flexibility index (Phi) is 4.95. The Morgan fingerprint density at radius 2 is 1.73 bits per heavy atom. The van der Waals surface area contributed by atoms with E-state index in [9.17, 15) is 21.6 Å². The fourth-order valence-electron chi connectivity index (χ4n) is 0.645. The predicted octanol–water partition coefficient (Wildman–Crippen LogP) is -0.252. The Bertz CT molecular complexity index is 446. The molecule has 8 heteroatoms. The van der Waals surface area contributed by atoms with Gasteiger partial charge in [0, 0.05) is 18.1 Å². The van der Waals surface area contributed by atoms with E-state index in [2.05, 4.69) is 0 Å². The van der Waals surface area contributed by atoms with E-state index in [-0.39, 0.29) is 6.42 Å². The van der Waals surface area contributed by atoms with Crippen molar-refractivity contribution in [2.45, 2.75) is 19.8 Å². The van der Waals surface area contributed by atoms with Gasteiger partial charge in [0.25, 0.3) is 10.0 Å². The maximum absolute atomic E-state index is 11.1. The van der Waals surface area contributed by atoms with Crippen molar-refractivity contribution in [2.75, 3.05) is 6.26 Å². The molecule has 1 amide bonds. The van der Waals surface area contributed by atoms with Crippen molar-refractivity contribution in [3.63, 3.8) is 0 Å². The molecule has 1 N–H and O–H groups in total. The van der Waals surface area contributed by atoms with Gasteiger partial charge < -0.3 is 0 Å². The normalized spacial score (nSPS) is 12.9. The lowest BCUT2D eigenvalue weighted by Gasteiger charge is -2.00. The average molecular weight is 255 g/mol. The smallest absolute Gasteiger partial charge is 0.257 e. The molecular formula is C7H13NO5S2. The zero-order chi connectivity index (χ0) is 12.1. The topological polar surface area (TPSA) is 97.4 Å². The van der Waals surface area contributed by atoms with E-state index in [1.54, 1.807) is 11.6 Å². The Labute approximate surface area is 89.3 Å². The first-order chi connectivity index (χ1) is 6.66. The van der Waals surface area contributed by atoms with Gasteiger partial charge in [-0.15, -0.1) is 0 Å². The van der Waals surface area contributed by atoms with Crippen LogP contribution in [0.15, 0.2) is 10.8 Å². The van der Waals surface area contributed by atoms with Crippen LogP contribution in [0.5, 0.6) is 0 Å². The highest BCUT2D eigenvalue weighted by atomic mass is 32.2. The average Bonchev–Trinajstić information content (AvgIpc) is 1.99. The Morgan fingerprint density at radius 1 is 1.20 bits per heavy atom. The number of hydrogen-bond donors (Lipinski definition) is 1. The largest absolute Gasteiger partial charge is 0.274 e. The second-order valence-electron chi connectivity index (χ2n) is 2.92. The highest BCUT2D eigenvalue weighted by molar-refractivity contribution is 7.96. The molecule has 0 aromatic carbocycles. The number of carbonyl (C=O) groups excluding carboxylic acids is 1. The number of sulfone groups is 1. The van der Waals surface area contributed by atoms with Gasteiger partial charge >= 0.3 is 0 Å². The van der Waals surface area contributed by atoms with Crippen molar-refractivity contribution >= 4 is 25.8 Å². The van der Waals surface area contributed by atoms with E-state index >= 15 is 0 Å². The third-order valence-corrected chi connectivity index (χ3v) is 3.02. The second kappa shape index (κ2) is 5.26. The van der Waals surface area contributed by atoms with Gasteiger partial charge in [0.2, 0.25) is 5.91 Å². The minimum atomic E-state index is -4.00. The molecule has 0 aliphatic heterocycles. The Balaban J connectivity index is 4.60. The van der Waals surface area contributed by atoms with Crippen LogP contribution in [0.25, 0.3) is 0 Å². The summed E-state index contributed by atoms with van der Waals surface area (Å²) < 4.78 is 45.1. The summed E-state index contributed by atoms with van der Waals surface area (Å²) in [6, 6.07) is 0. The van der Waals surface area contributed by atoms with Crippen LogP contribution < -0.4 is 4.72 Å². The van der Waals surface area contributed by atoms with Crippen LogP contribution in [0.3, 0.4) is 0 Å². The number of carbonyl (C=O) groups is 1. The highest BCUT2D eigenvalue weighted by Gasteiger charge is 2.10. The fourth-order valence-corrected chi connectivity index (χ4v) is 2.52. The third-order valence-electron chi connectivity index (χ3n) is 1.22. The number of hydrogen-bond acceptors (Lipinski definition) is 5. The van der Waals surface area contributed by atoms with E-state index in [4.69, 9.17) is 0 Å². The lowest BCUT2D eigenvalue weighted by molar-refractivity contribution is -0.119.